The second-order valence-electron chi connectivity index (χ2n) is 10.2. The monoisotopic (exact) mass is 487 g/mol. The van der Waals surface area contributed by atoms with Gasteiger partial charge in [-0.3, -0.25) is 4.79 Å². The molecule has 2 aromatic rings. The fourth-order valence-corrected chi connectivity index (χ4v) is 7.11. The summed E-state index contributed by atoms with van der Waals surface area (Å²) in [5.41, 5.74) is 1.32. The van der Waals surface area contributed by atoms with Crippen molar-refractivity contribution >= 4 is 22.4 Å². The largest absolute Gasteiger partial charge is 0.396 e. The number of hydrogen-bond donors (Lipinski definition) is 4. The zero-order valence-corrected chi connectivity index (χ0v) is 21.2. The third-order valence-electron chi connectivity index (χ3n) is 8.20. The number of anilines is 1. The Kier molecular flexibility index (Phi) is 7.62. The highest BCUT2D eigenvalue weighted by Crippen LogP contribution is 2.62. The van der Waals surface area contributed by atoms with Crippen molar-refractivity contribution in [3.05, 3.63) is 46.5 Å². The SMILES string of the molecule is COCCNC(=O)CC1c2nc(NCc3ccccc3)sc2CC2C(C)(CO)C(O)CCC12C. The molecule has 0 bridgehead atoms. The van der Waals surface area contributed by atoms with Crippen LogP contribution in [0, 0.1) is 16.7 Å². The van der Waals surface area contributed by atoms with Gasteiger partial charge in [0.25, 0.3) is 0 Å². The highest BCUT2D eigenvalue weighted by atomic mass is 32.1. The van der Waals surface area contributed by atoms with E-state index in [0.29, 0.717) is 32.5 Å². The lowest BCUT2D eigenvalue weighted by atomic mass is 9.47. The summed E-state index contributed by atoms with van der Waals surface area (Å²) in [6.07, 6.45) is 1.95. The van der Waals surface area contributed by atoms with E-state index in [0.717, 1.165) is 28.5 Å². The van der Waals surface area contributed by atoms with Crippen molar-refractivity contribution in [1.29, 1.82) is 0 Å². The Morgan fingerprint density at radius 3 is 2.76 bits per heavy atom. The van der Waals surface area contributed by atoms with Gasteiger partial charge in [0.2, 0.25) is 5.91 Å². The van der Waals surface area contributed by atoms with Crippen molar-refractivity contribution < 1.29 is 19.7 Å². The van der Waals surface area contributed by atoms with Crippen LogP contribution >= 0.6 is 11.3 Å². The first-order valence-electron chi connectivity index (χ1n) is 12.1. The van der Waals surface area contributed by atoms with Crippen LogP contribution in [0.25, 0.3) is 0 Å². The predicted molar refractivity (Wildman–Crippen MR) is 134 cm³/mol. The van der Waals surface area contributed by atoms with Gasteiger partial charge < -0.3 is 25.6 Å². The average molecular weight is 488 g/mol. The van der Waals surface area contributed by atoms with Crippen LogP contribution in [0.5, 0.6) is 0 Å². The molecule has 4 N–H and O–H groups in total. The average Bonchev–Trinajstić information content (AvgIpc) is 3.25. The van der Waals surface area contributed by atoms with Crippen LogP contribution in [-0.4, -0.2) is 54.1 Å². The molecule has 1 saturated carbocycles. The molecule has 0 saturated heterocycles. The molecule has 186 valence electrons. The van der Waals surface area contributed by atoms with Gasteiger partial charge in [-0.1, -0.05) is 44.2 Å². The van der Waals surface area contributed by atoms with Crippen LogP contribution in [-0.2, 0) is 22.5 Å². The highest BCUT2D eigenvalue weighted by molar-refractivity contribution is 7.15. The smallest absolute Gasteiger partial charge is 0.220 e. The van der Waals surface area contributed by atoms with Gasteiger partial charge >= 0.3 is 0 Å². The number of methoxy groups -OCH3 is 1. The molecule has 4 rings (SSSR count). The number of carbonyl (C=O) groups excluding carboxylic acids is 1. The van der Waals surface area contributed by atoms with Gasteiger partial charge in [-0.2, -0.15) is 0 Å². The Labute approximate surface area is 206 Å². The quantitative estimate of drug-likeness (QED) is 0.405. The van der Waals surface area contributed by atoms with E-state index in [1.165, 1.54) is 5.56 Å². The molecule has 0 aliphatic heterocycles. The zero-order valence-electron chi connectivity index (χ0n) is 20.3. The van der Waals surface area contributed by atoms with Gasteiger partial charge in [0.15, 0.2) is 5.13 Å². The number of thiazole rings is 1. The molecule has 2 aliphatic carbocycles. The number of carbonyl (C=O) groups is 1. The summed E-state index contributed by atoms with van der Waals surface area (Å²) in [6, 6.07) is 10.2. The van der Waals surface area contributed by atoms with Crippen molar-refractivity contribution in [2.24, 2.45) is 16.7 Å². The third-order valence-corrected chi connectivity index (χ3v) is 9.25. The normalized spacial score (nSPS) is 30.3. The number of nitrogens with zero attached hydrogens (tertiary/aromatic N) is 1. The van der Waals surface area contributed by atoms with Crippen LogP contribution < -0.4 is 10.6 Å². The van der Waals surface area contributed by atoms with Crippen molar-refractivity contribution in [3.8, 4) is 0 Å². The molecule has 8 heteroatoms. The number of fused-ring (bicyclic) bond motifs is 2. The summed E-state index contributed by atoms with van der Waals surface area (Å²) in [4.78, 5) is 19.1. The minimum Gasteiger partial charge on any atom is -0.396 e. The Bertz CT molecular complexity index is 984. The second-order valence-corrected chi connectivity index (χ2v) is 11.3. The van der Waals surface area contributed by atoms with E-state index in [4.69, 9.17) is 9.72 Å². The summed E-state index contributed by atoms with van der Waals surface area (Å²) in [5, 5.41) is 28.5. The van der Waals surface area contributed by atoms with Gasteiger partial charge in [0.05, 0.1) is 25.0 Å². The minimum absolute atomic E-state index is 0.0153. The van der Waals surface area contributed by atoms with E-state index in [1.807, 2.05) is 25.1 Å². The van der Waals surface area contributed by atoms with Crippen LogP contribution in [0.1, 0.15) is 55.2 Å². The number of aliphatic hydroxyl groups excluding tert-OH is 2. The fourth-order valence-electron chi connectivity index (χ4n) is 6.04. The lowest BCUT2D eigenvalue weighted by Gasteiger charge is -2.58. The number of ether oxygens (including phenoxy) is 1. The molecule has 1 amide bonds. The van der Waals surface area contributed by atoms with Crippen LogP contribution in [0.3, 0.4) is 0 Å². The molecule has 1 heterocycles. The van der Waals surface area contributed by atoms with E-state index >= 15 is 0 Å². The fraction of sp³-hybridized carbons (Fsp3) is 0.615. The maximum absolute atomic E-state index is 12.9. The molecule has 2 aliphatic rings. The van der Waals surface area contributed by atoms with E-state index in [-0.39, 0.29) is 29.8 Å². The third kappa shape index (κ3) is 4.73. The van der Waals surface area contributed by atoms with Crippen LogP contribution in [0.15, 0.2) is 30.3 Å². The minimum atomic E-state index is -0.614. The first-order chi connectivity index (χ1) is 16.3. The standard InChI is InChI=1S/C26H37N3O4S/c1-25-10-9-21(31)26(2,16-30)20(25)14-19-23(18(25)13-22(32)27-11-12-33-3)29-24(34-19)28-15-17-7-5-4-6-8-17/h4-8,18,20-21,30-31H,9-16H2,1-3H3,(H,27,32)(H,28,29). The number of amides is 1. The molecular weight excluding hydrogens is 450 g/mol. The van der Waals surface area contributed by atoms with Gasteiger partial charge in [0.1, 0.15) is 0 Å². The van der Waals surface area contributed by atoms with Crippen molar-refractivity contribution in [3.63, 3.8) is 0 Å². The summed E-state index contributed by atoms with van der Waals surface area (Å²) < 4.78 is 5.08. The number of aromatic nitrogens is 1. The van der Waals surface area contributed by atoms with E-state index in [1.54, 1.807) is 18.4 Å². The van der Waals surface area contributed by atoms with Crippen molar-refractivity contribution in [2.75, 3.05) is 32.2 Å². The Balaban J connectivity index is 1.64. The molecular formula is C26H37N3O4S. The van der Waals surface area contributed by atoms with E-state index < -0.39 is 11.5 Å². The predicted octanol–water partition coefficient (Wildman–Crippen LogP) is 3.32. The van der Waals surface area contributed by atoms with Crippen molar-refractivity contribution in [1.82, 2.24) is 10.3 Å². The van der Waals surface area contributed by atoms with Crippen LogP contribution in [0.2, 0.25) is 0 Å². The topological polar surface area (TPSA) is 104 Å². The first-order valence-corrected chi connectivity index (χ1v) is 13.0. The highest BCUT2D eigenvalue weighted by Gasteiger charge is 2.59. The summed E-state index contributed by atoms with van der Waals surface area (Å²) in [5.74, 6) is -0.0374. The maximum Gasteiger partial charge on any atom is 0.220 e. The molecule has 5 atom stereocenters. The lowest BCUT2D eigenvalue weighted by Crippen LogP contribution is -2.57. The van der Waals surface area contributed by atoms with Gasteiger partial charge in [-0.15, -0.1) is 11.3 Å². The molecule has 1 aromatic carbocycles. The van der Waals surface area contributed by atoms with Crippen LogP contribution in [0.4, 0.5) is 5.13 Å². The maximum atomic E-state index is 12.9. The summed E-state index contributed by atoms with van der Waals surface area (Å²) in [6.45, 7) is 5.78. The van der Waals surface area contributed by atoms with Gasteiger partial charge in [-0.25, -0.2) is 4.98 Å². The van der Waals surface area contributed by atoms with Gasteiger partial charge in [0, 0.05) is 42.8 Å². The zero-order chi connectivity index (χ0) is 24.3. The molecule has 0 radical (unpaired) electrons. The molecule has 1 fully saturated rings. The molecule has 5 unspecified atom stereocenters. The molecule has 7 nitrogen and oxygen atoms in total. The molecule has 0 spiro atoms. The Morgan fingerprint density at radius 2 is 2.06 bits per heavy atom. The first kappa shape index (κ1) is 25.1. The summed E-state index contributed by atoms with van der Waals surface area (Å²) >= 11 is 1.64. The summed E-state index contributed by atoms with van der Waals surface area (Å²) in [7, 11) is 1.62. The van der Waals surface area contributed by atoms with E-state index in [2.05, 4.69) is 29.7 Å². The number of aliphatic hydroxyl groups is 2. The van der Waals surface area contributed by atoms with E-state index in [9.17, 15) is 15.0 Å². The number of rotatable bonds is 9. The number of hydrogen-bond acceptors (Lipinski definition) is 7. The second kappa shape index (κ2) is 10.3. The number of benzene rings is 1. The Morgan fingerprint density at radius 1 is 1.29 bits per heavy atom. The number of nitrogens with one attached hydrogen (secondary N) is 2. The molecule has 34 heavy (non-hydrogen) atoms. The van der Waals surface area contributed by atoms with Crippen molar-refractivity contribution in [2.45, 2.75) is 58.1 Å². The molecule has 1 aromatic heterocycles. The van der Waals surface area contributed by atoms with Gasteiger partial charge in [-0.05, 0) is 36.2 Å². The Hall–Kier alpha value is -2.00. The lowest BCUT2D eigenvalue weighted by molar-refractivity contribution is -0.144.